The largest absolute Gasteiger partial charge is 0.494 e. The lowest BCUT2D eigenvalue weighted by Gasteiger charge is -2.17. The maximum absolute atomic E-state index is 13.2. The van der Waals surface area contributed by atoms with E-state index in [9.17, 15) is 4.79 Å². The summed E-state index contributed by atoms with van der Waals surface area (Å²) in [5.41, 5.74) is 2.37. The zero-order valence-electron chi connectivity index (χ0n) is 16.9. The summed E-state index contributed by atoms with van der Waals surface area (Å²) in [6.07, 6.45) is 4.95. The molecule has 7 heteroatoms. The second kappa shape index (κ2) is 9.73. The molecule has 0 saturated heterocycles. The highest BCUT2D eigenvalue weighted by Gasteiger charge is 2.19. The third kappa shape index (κ3) is 5.10. The topological polar surface area (TPSA) is 55.3 Å². The van der Waals surface area contributed by atoms with Gasteiger partial charge in [0.1, 0.15) is 5.75 Å². The smallest absolute Gasteiger partial charge is 0.253 e. The van der Waals surface area contributed by atoms with Crippen LogP contribution >= 0.6 is 22.9 Å². The van der Waals surface area contributed by atoms with E-state index in [0.29, 0.717) is 23.3 Å². The molecule has 156 valence electrons. The van der Waals surface area contributed by atoms with Gasteiger partial charge in [0.05, 0.1) is 29.1 Å². The molecule has 0 aliphatic heterocycles. The van der Waals surface area contributed by atoms with Gasteiger partial charge in [-0.05, 0) is 55.0 Å². The number of halogens is 1. The van der Waals surface area contributed by atoms with Gasteiger partial charge >= 0.3 is 0 Å². The number of ether oxygens (including phenoxy) is 1. The summed E-state index contributed by atoms with van der Waals surface area (Å²) >= 11 is 7.66. The summed E-state index contributed by atoms with van der Waals surface area (Å²) in [6, 6.07) is 18.8. The van der Waals surface area contributed by atoms with E-state index in [1.165, 1.54) is 17.4 Å². The molecule has 2 heterocycles. The average Bonchev–Trinajstić information content (AvgIpc) is 3.21. The number of aromatic nitrogens is 2. The summed E-state index contributed by atoms with van der Waals surface area (Å²) in [4.78, 5) is 23.9. The Labute approximate surface area is 189 Å². The first kappa shape index (κ1) is 21.0. The predicted molar refractivity (Wildman–Crippen MR) is 127 cm³/mol. The number of carbonyl (C=O) groups excluding carboxylic acids is 1. The fourth-order valence-corrected chi connectivity index (χ4v) is 4.22. The Balaban J connectivity index is 1.67. The summed E-state index contributed by atoms with van der Waals surface area (Å²) in [6.45, 7) is 2.85. The van der Waals surface area contributed by atoms with Crippen LogP contribution in [0.5, 0.6) is 5.75 Å². The molecule has 0 aliphatic carbocycles. The fourth-order valence-electron chi connectivity index (χ4n) is 3.02. The lowest BCUT2D eigenvalue weighted by atomic mass is 10.2. The van der Waals surface area contributed by atoms with Crippen molar-refractivity contribution in [1.29, 1.82) is 0 Å². The van der Waals surface area contributed by atoms with Crippen molar-refractivity contribution in [1.82, 2.24) is 9.97 Å². The lowest BCUT2D eigenvalue weighted by Crippen LogP contribution is -2.29. The zero-order valence-corrected chi connectivity index (χ0v) is 18.4. The number of nitrogens with zero attached hydrogens (tertiary/aromatic N) is 3. The Morgan fingerprint density at radius 3 is 2.77 bits per heavy atom. The molecule has 5 nitrogen and oxygen atoms in total. The van der Waals surface area contributed by atoms with Crippen LogP contribution in [-0.4, -0.2) is 22.5 Å². The maximum Gasteiger partial charge on any atom is 0.253 e. The third-order valence-corrected chi connectivity index (χ3v) is 5.90. The maximum atomic E-state index is 13.2. The minimum atomic E-state index is -0.199. The van der Waals surface area contributed by atoms with Gasteiger partial charge in [-0.25, -0.2) is 4.98 Å². The van der Waals surface area contributed by atoms with E-state index < -0.39 is 0 Å². The van der Waals surface area contributed by atoms with Crippen LogP contribution < -0.4 is 9.64 Å². The summed E-state index contributed by atoms with van der Waals surface area (Å²) in [7, 11) is 0. The molecule has 0 bridgehead atoms. The highest BCUT2D eigenvalue weighted by Crippen LogP contribution is 2.32. The molecule has 4 rings (SSSR count). The number of carbonyl (C=O) groups is 1. The van der Waals surface area contributed by atoms with Crippen LogP contribution in [0.25, 0.3) is 16.3 Å². The van der Waals surface area contributed by atoms with Crippen molar-refractivity contribution in [3.8, 4) is 5.75 Å². The van der Waals surface area contributed by atoms with Gasteiger partial charge in [-0.3, -0.25) is 14.7 Å². The molecule has 0 radical (unpaired) electrons. The molecular weight excluding hydrogens is 430 g/mol. The second-order valence-electron chi connectivity index (χ2n) is 6.66. The first-order chi connectivity index (χ1) is 15.1. The van der Waals surface area contributed by atoms with Gasteiger partial charge in [-0.15, -0.1) is 0 Å². The van der Waals surface area contributed by atoms with Gasteiger partial charge < -0.3 is 4.74 Å². The number of benzene rings is 2. The number of amides is 1. The molecule has 0 spiro atoms. The summed E-state index contributed by atoms with van der Waals surface area (Å²) in [5.74, 6) is 0.584. The first-order valence-electron chi connectivity index (χ1n) is 9.81. The van der Waals surface area contributed by atoms with Gasteiger partial charge in [-0.2, -0.15) is 0 Å². The monoisotopic (exact) mass is 449 g/mol. The van der Waals surface area contributed by atoms with Crippen molar-refractivity contribution < 1.29 is 9.53 Å². The second-order valence-corrected chi connectivity index (χ2v) is 8.08. The van der Waals surface area contributed by atoms with E-state index in [1.807, 2.05) is 61.5 Å². The van der Waals surface area contributed by atoms with E-state index in [2.05, 4.69) is 9.97 Å². The Morgan fingerprint density at radius 2 is 2.00 bits per heavy atom. The lowest BCUT2D eigenvalue weighted by molar-refractivity contribution is -0.114. The highest BCUT2D eigenvalue weighted by molar-refractivity contribution is 7.22. The number of fused-ring (bicyclic) bond motifs is 1. The molecule has 0 unspecified atom stereocenters. The number of hydrogen-bond acceptors (Lipinski definition) is 5. The van der Waals surface area contributed by atoms with Crippen molar-refractivity contribution >= 4 is 50.3 Å². The summed E-state index contributed by atoms with van der Waals surface area (Å²) in [5, 5.41) is 1.19. The molecule has 2 aromatic carbocycles. The molecule has 31 heavy (non-hydrogen) atoms. The Bertz CT molecular complexity index is 1220. The van der Waals surface area contributed by atoms with Crippen molar-refractivity contribution in [2.45, 2.75) is 13.5 Å². The molecule has 0 fully saturated rings. The van der Waals surface area contributed by atoms with E-state index in [-0.39, 0.29) is 5.91 Å². The van der Waals surface area contributed by atoms with Gasteiger partial charge in [0.2, 0.25) is 0 Å². The molecule has 0 aliphatic rings. The predicted octanol–water partition coefficient (Wildman–Crippen LogP) is 5.99. The average molecular weight is 450 g/mol. The third-order valence-electron chi connectivity index (χ3n) is 4.51. The van der Waals surface area contributed by atoms with Crippen LogP contribution in [-0.2, 0) is 11.3 Å². The quantitative estimate of drug-likeness (QED) is 0.325. The fraction of sp³-hybridized carbons (Fsp3) is 0.125. The van der Waals surface area contributed by atoms with Gasteiger partial charge in [0.25, 0.3) is 5.91 Å². The molecule has 1 amide bonds. The molecule has 0 N–H and O–H groups in total. The van der Waals surface area contributed by atoms with Gasteiger partial charge in [0, 0.05) is 17.3 Å². The Kier molecular flexibility index (Phi) is 6.60. The Hall–Kier alpha value is -3.22. The van der Waals surface area contributed by atoms with Crippen molar-refractivity contribution in [3.05, 3.63) is 89.2 Å². The first-order valence-corrected chi connectivity index (χ1v) is 11.0. The van der Waals surface area contributed by atoms with E-state index in [1.54, 1.807) is 23.2 Å². The minimum Gasteiger partial charge on any atom is -0.494 e. The molecular formula is C24H20ClN3O2S. The number of pyridine rings is 1. The van der Waals surface area contributed by atoms with Crippen LogP contribution in [0.15, 0.2) is 72.9 Å². The van der Waals surface area contributed by atoms with Crippen LogP contribution in [0, 0.1) is 0 Å². The standard InChI is InChI=1S/C24H20ClN3O2S/c1-2-30-19-11-12-21-22(15-19)31-24(27-21)28(16-18-8-5-6-14-26-18)23(29)13-10-17-7-3-4-9-20(17)25/h3-15H,2,16H2,1H3/b13-10+. The van der Waals surface area contributed by atoms with Crippen LogP contribution in [0.4, 0.5) is 5.13 Å². The van der Waals surface area contributed by atoms with Crippen molar-refractivity contribution in [2.24, 2.45) is 0 Å². The van der Waals surface area contributed by atoms with E-state index >= 15 is 0 Å². The number of hydrogen-bond donors (Lipinski definition) is 0. The molecule has 0 atom stereocenters. The minimum absolute atomic E-state index is 0.199. The molecule has 4 aromatic rings. The normalized spacial score (nSPS) is 11.2. The number of rotatable bonds is 7. The van der Waals surface area contributed by atoms with E-state index in [0.717, 1.165) is 27.2 Å². The van der Waals surface area contributed by atoms with Crippen molar-refractivity contribution in [3.63, 3.8) is 0 Å². The van der Waals surface area contributed by atoms with Gasteiger partial charge in [0.15, 0.2) is 5.13 Å². The summed E-state index contributed by atoms with van der Waals surface area (Å²) < 4.78 is 6.54. The molecule has 0 saturated carbocycles. The SMILES string of the molecule is CCOc1ccc2nc(N(Cc3ccccn3)C(=O)/C=C/c3ccccc3Cl)sc2c1. The van der Waals surface area contributed by atoms with Gasteiger partial charge in [-0.1, -0.05) is 47.2 Å². The Morgan fingerprint density at radius 1 is 1.16 bits per heavy atom. The highest BCUT2D eigenvalue weighted by atomic mass is 35.5. The number of thiazole rings is 1. The van der Waals surface area contributed by atoms with Crippen molar-refractivity contribution in [2.75, 3.05) is 11.5 Å². The van der Waals surface area contributed by atoms with Crippen LogP contribution in [0.2, 0.25) is 5.02 Å². The van der Waals surface area contributed by atoms with Crippen LogP contribution in [0.1, 0.15) is 18.2 Å². The van der Waals surface area contributed by atoms with Crippen LogP contribution in [0.3, 0.4) is 0 Å². The zero-order chi connectivity index (χ0) is 21.6. The number of anilines is 1. The molecule has 2 aromatic heterocycles. The van der Waals surface area contributed by atoms with E-state index in [4.69, 9.17) is 16.3 Å².